The number of hydrogen-bond donors (Lipinski definition) is 0. The average Bonchev–Trinajstić information content (AvgIpc) is 2.68. The van der Waals surface area contributed by atoms with Gasteiger partial charge in [0.1, 0.15) is 0 Å². The fourth-order valence-electron chi connectivity index (χ4n) is 2.79. The zero-order chi connectivity index (χ0) is 20.0. The highest BCUT2D eigenvalue weighted by Gasteiger charge is 2.12. The molecule has 0 N–H and O–H groups in total. The van der Waals surface area contributed by atoms with Gasteiger partial charge in [-0.05, 0) is 19.3 Å². The molecule has 0 saturated heterocycles. The lowest BCUT2D eigenvalue weighted by Crippen LogP contribution is -2.09. The molecule has 0 atom stereocenters. The van der Waals surface area contributed by atoms with Crippen LogP contribution in [0.2, 0.25) is 0 Å². The highest BCUT2D eigenvalue weighted by atomic mass is 16.7. The third-order valence-corrected chi connectivity index (χ3v) is 4.55. The highest BCUT2D eigenvalue weighted by molar-refractivity contribution is 4.95. The Hall–Kier alpha value is -0.900. The smallest absolute Gasteiger partial charge is 0.321 e. The van der Waals surface area contributed by atoms with Crippen molar-refractivity contribution in [2.45, 2.75) is 111 Å². The van der Waals surface area contributed by atoms with Crippen LogP contribution in [0.4, 0.5) is 0 Å². The van der Waals surface area contributed by atoms with Crippen molar-refractivity contribution < 1.29 is 18.9 Å². The third-order valence-electron chi connectivity index (χ3n) is 4.55. The van der Waals surface area contributed by atoms with E-state index in [1.807, 2.05) is 0 Å². The molecule has 4 heteroatoms. The van der Waals surface area contributed by atoms with Crippen LogP contribution in [0.25, 0.3) is 0 Å². The van der Waals surface area contributed by atoms with Crippen LogP contribution in [-0.4, -0.2) is 27.1 Å². The van der Waals surface area contributed by atoms with Gasteiger partial charge in [0.2, 0.25) is 0 Å². The van der Waals surface area contributed by atoms with E-state index in [1.165, 1.54) is 51.4 Å². The number of hydrogen-bond acceptors (Lipinski definition) is 4. The van der Waals surface area contributed by atoms with Crippen LogP contribution in [-0.2, 0) is 18.9 Å². The van der Waals surface area contributed by atoms with Crippen molar-refractivity contribution in [1.29, 1.82) is 0 Å². The Kier molecular flexibility index (Phi) is 20.7. The largest absolute Gasteiger partial charge is 0.491 e. The molecule has 0 rings (SSSR count). The molecule has 0 saturated carbocycles. The number of ether oxygens (including phenoxy) is 4. The SMILES string of the molecule is CCCCCCCCCCC/C(OCCCC)=C(\OCCCC)OCOC. The van der Waals surface area contributed by atoms with Crippen LogP contribution in [0.15, 0.2) is 11.7 Å². The van der Waals surface area contributed by atoms with Crippen molar-refractivity contribution in [2.75, 3.05) is 27.1 Å². The lowest BCUT2D eigenvalue weighted by Gasteiger charge is -2.17. The van der Waals surface area contributed by atoms with Crippen molar-refractivity contribution in [1.82, 2.24) is 0 Å². The van der Waals surface area contributed by atoms with Gasteiger partial charge in [0.15, 0.2) is 12.6 Å². The summed E-state index contributed by atoms with van der Waals surface area (Å²) in [5.41, 5.74) is 0. The van der Waals surface area contributed by atoms with Crippen LogP contribution in [0.1, 0.15) is 111 Å². The van der Waals surface area contributed by atoms with Crippen LogP contribution >= 0.6 is 0 Å². The third kappa shape index (κ3) is 17.0. The fraction of sp³-hybridized carbons (Fsp3) is 0.913. The summed E-state index contributed by atoms with van der Waals surface area (Å²) in [6, 6.07) is 0. The highest BCUT2D eigenvalue weighted by Crippen LogP contribution is 2.20. The van der Waals surface area contributed by atoms with Crippen LogP contribution < -0.4 is 0 Å². The maximum Gasteiger partial charge on any atom is 0.321 e. The zero-order valence-corrected chi connectivity index (χ0v) is 18.7. The molecule has 0 aromatic rings. The van der Waals surface area contributed by atoms with Crippen molar-refractivity contribution in [2.24, 2.45) is 0 Å². The fourth-order valence-corrected chi connectivity index (χ4v) is 2.79. The molecule has 0 heterocycles. The standard InChI is InChI=1S/C23H46O4/c1-5-8-11-12-13-14-15-16-17-18-22(25-19-9-6-2)23(27-21-24-4)26-20-10-7-3/h5-21H2,1-4H3/b23-22-. The predicted molar refractivity (Wildman–Crippen MR) is 114 cm³/mol. The molecule has 0 fully saturated rings. The van der Waals surface area contributed by atoms with E-state index in [9.17, 15) is 0 Å². The van der Waals surface area contributed by atoms with Gasteiger partial charge < -0.3 is 18.9 Å². The Morgan fingerprint density at radius 1 is 0.556 bits per heavy atom. The molecule has 0 aliphatic carbocycles. The molecule has 0 aromatic carbocycles. The molecule has 0 aliphatic rings. The van der Waals surface area contributed by atoms with Crippen LogP contribution in [0.5, 0.6) is 0 Å². The van der Waals surface area contributed by atoms with Gasteiger partial charge in [-0.2, -0.15) is 0 Å². The minimum absolute atomic E-state index is 0.194. The van der Waals surface area contributed by atoms with Crippen molar-refractivity contribution in [3.8, 4) is 0 Å². The minimum Gasteiger partial charge on any atom is -0.491 e. The Bertz CT molecular complexity index is 328. The number of rotatable bonds is 21. The Morgan fingerprint density at radius 2 is 1.07 bits per heavy atom. The summed E-state index contributed by atoms with van der Waals surface area (Å²) < 4.78 is 22.6. The molecule has 4 nitrogen and oxygen atoms in total. The van der Waals surface area contributed by atoms with E-state index in [4.69, 9.17) is 18.9 Å². The molecule has 0 spiro atoms. The molecule has 0 aliphatic heterocycles. The predicted octanol–water partition coefficient (Wildman–Crippen LogP) is 7.33. The first kappa shape index (κ1) is 26.1. The Morgan fingerprint density at radius 3 is 1.63 bits per heavy atom. The van der Waals surface area contributed by atoms with Crippen molar-refractivity contribution in [3.63, 3.8) is 0 Å². The second-order valence-electron chi connectivity index (χ2n) is 7.24. The maximum atomic E-state index is 6.02. The van der Waals surface area contributed by atoms with Gasteiger partial charge in [-0.25, -0.2) is 0 Å². The Balaban J connectivity index is 4.37. The van der Waals surface area contributed by atoms with Gasteiger partial charge in [0.25, 0.3) is 0 Å². The van der Waals surface area contributed by atoms with Gasteiger partial charge in [0, 0.05) is 13.5 Å². The van der Waals surface area contributed by atoms with Crippen molar-refractivity contribution in [3.05, 3.63) is 11.7 Å². The normalized spacial score (nSPS) is 12.0. The summed E-state index contributed by atoms with van der Waals surface area (Å²) >= 11 is 0. The van der Waals surface area contributed by atoms with E-state index in [0.29, 0.717) is 12.6 Å². The molecule has 0 amide bonds. The second kappa shape index (κ2) is 21.4. The van der Waals surface area contributed by atoms with Gasteiger partial charge in [-0.15, -0.1) is 0 Å². The second-order valence-corrected chi connectivity index (χ2v) is 7.24. The first-order valence-corrected chi connectivity index (χ1v) is 11.4. The minimum atomic E-state index is 0.194. The van der Waals surface area contributed by atoms with Crippen LogP contribution in [0, 0.1) is 0 Å². The quantitative estimate of drug-likeness (QED) is 0.117. The van der Waals surface area contributed by atoms with Gasteiger partial charge in [0.05, 0.1) is 13.2 Å². The summed E-state index contributed by atoms with van der Waals surface area (Å²) in [7, 11) is 1.63. The summed E-state index contributed by atoms with van der Waals surface area (Å²) in [6.07, 6.45) is 17.0. The summed E-state index contributed by atoms with van der Waals surface area (Å²) in [5, 5.41) is 0. The average molecular weight is 387 g/mol. The maximum absolute atomic E-state index is 6.02. The van der Waals surface area contributed by atoms with E-state index in [-0.39, 0.29) is 6.79 Å². The molecule has 0 aromatic heterocycles. The monoisotopic (exact) mass is 386 g/mol. The van der Waals surface area contributed by atoms with E-state index in [1.54, 1.807) is 7.11 Å². The number of methoxy groups -OCH3 is 1. The Labute approximate surface area is 169 Å². The van der Waals surface area contributed by atoms with E-state index < -0.39 is 0 Å². The van der Waals surface area contributed by atoms with Crippen molar-refractivity contribution >= 4 is 0 Å². The number of unbranched alkanes of at least 4 members (excludes halogenated alkanes) is 10. The lowest BCUT2D eigenvalue weighted by atomic mass is 10.1. The topological polar surface area (TPSA) is 36.9 Å². The molecular weight excluding hydrogens is 340 g/mol. The molecule has 162 valence electrons. The van der Waals surface area contributed by atoms with Crippen LogP contribution in [0.3, 0.4) is 0 Å². The molecule has 0 unspecified atom stereocenters. The zero-order valence-electron chi connectivity index (χ0n) is 18.7. The van der Waals surface area contributed by atoms with E-state index >= 15 is 0 Å². The van der Waals surface area contributed by atoms with E-state index in [2.05, 4.69) is 20.8 Å². The molecule has 0 bridgehead atoms. The van der Waals surface area contributed by atoms with Gasteiger partial charge in [-0.3, -0.25) is 0 Å². The summed E-state index contributed by atoms with van der Waals surface area (Å²) in [4.78, 5) is 0. The summed E-state index contributed by atoms with van der Waals surface area (Å²) in [5.74, 6) is 1.39. The molecule has 27 heavy (non-hydrogen) atoms. The van der Waals surface area contributed by atoms with Gasteiger partial charge in [-0.1, -0.05) is 85.0 Å². The van der Waals surface area contributed by atoms with E-state index in [0.717, 1.165) is 50.9 Å². The number of allylic oxidation sites excluding steroid dienone is 1. The molecular formula is C23H46O4. The first-order valence-electron chi connectivity index (χ1n) is 11.4. The summed E-state index contributed by atoms with van der Waals surface area (Å²) in [6.45, 7) is 8.18. The molecule has 0 radical (unpaired) electrons. The lowest BCUT2D eigenvalue weighted by molar-refractivity contribution is -0.0690. The first-order chi connectivity index (χ1) is 13.3. The van der Waals surface area contributed by atoms with Gasteiger partial charge >= 0.3 is 5.95 Å².